The molecule has 0 unspecified atom stereocenters. The van der Waals surface area contributed by atoms with Crippen molar-refractivity contribution in [3.05, 3.63) is 65.4 Å². The second-order valence-corrected chi connectivity index (χ2v) is 5.08. The number of benzene rings is 2. The van der Waals surface area contributed by atoms with Crippen LogP contribution in [0.1, 0.15) is 16.9 Å². The molecule has 3 heteroatoms. The topological polar surface area (TPSA) is 34.4 Å². The Labute approximate surface area is 124 Å². The van der Waals surface area contributed by atoms with Crippen LogP contribution in [0.4, 0.5) is 0 Å². The van der Waals surface area contributed by atoms with E-state index in [1.54, 1.807) is 7.11 Å². The number of fused-ring (bicyclic) bond motifs is 1. The highest BCUT2D eigenvalue weighted by molar-refractivity contribution is 5.82. The minimum absolute atomic E-state index is 0.800. The van der Waals surface area contributed by atoms with Crippen LogP contribution in [0.15, 0.2) is 52.9 Å². The van der Waals surface area contributed by atoms with E-state index >= 15 is 0 Å². The first kappa shape index (κ1) is 13.7. The summed E-state index contributed by atoms with van der Waals surface area (Å²) in [6, 6.07) is 16.3. The van der Waals surface area contributed by atoms with Crippen molar-refractivity contribution in [2.45, 2.75) is 20.0 Å². The third kappa shape index (κ3) is 2.93. The van der Waals surface area contributed by atoms with Crippen LogP contribution >= 0.6 is 0 Å². The number of aryl methyl sites for hydroxylation is 1. The van der Waals surface area contributed by atoms with E-state index in [9.17, 15) is 0 Å². The standard InChI is InChI=1S/C18H19NO2/c1-13-17(16-5-3-4-6-18(16)21-13)12-19-11-14-7-9-15(20-2)10-8-14/h3-10,19H,11-12H2,1-2H3. The number of methoxy groups -OCH3 is 1. The second-order valence-electron chi connectivity index (χ2n) is 5.08. The molecule has 0 spiro atoms. The number of ether oxygens (including phenoxy) is 1. The normalized spacial score (nSPS) is 11.0. The third-order valence-corrected chi connectivity index (χ3v) is 3.69. The van der Waals surface area contributed by atoms with Crippen LogP contribution in [0.3, 0.4) is 0 Å². The van der Waals surface area contributed by atoms with Crippen molar-refractivity contribution in [2.75, 3.05) is 7.11 Å². The molecule has 3 rings (SSSR count). The first-order valence-corrected chi connectivity index (χ1v) is 7.08. The Balaban J connectivity index is 1.67. The molecule has 108 valence electrons. The molecular formula is C18H19NO2. The summed E-state index contributed by atoms with van der Waals surface area (Å²) in [5.74, 6) is 1.87. The molecule has 21 heavy (non-hydrogen) atoms. The van der Waals surface area contributed by atoms with Crippen molar-refractivity contribution in [1.82, 2.24) is 5.32 Å². The SMILES string of the molecule is COc1ccc(CNCc2c(C)oc3ccccc23)cc1. The van der Waals surface area contributed by atoms with Gasteiger partial charge in [0, 0.05) is 24.0 Å². The Morgan fingerprint density at radius 3 is 2.52 bits per heavy atom. The van der Waals surface area contributed by atoms with Gasteiger partial charge in [-0.15, -0.1) is 0 Å². The van der Waals surface area contributed by atoms with E-state index < -0.39 is 0 Å². The Morgan fingerprint density at radius 1 is 1.00 bits per heavy atom. The van der Waals surface area contributed by atoms with E-state index in [0.29, 0.717) is 0 Å². The maximum Gasteiger partial charge on any atom is 0.134 e. The van der Waals surface area contributed by atoms with Gasteiger partial charge in [0.25, 0.3) is 0 Å². The lowest BCUT2D eigenvalue weighted by Crippen LogP contribution is -2.12. The monoisotopic (exact) mass is 281 g/mol. The highest BCUT2D eigenvalue weighted by Crippen LogP contribution is 2.25. The fourth-order valence-electron chi connectivity index (χ4n) is 2.52. The predicted molar refractivity (Wildman–Crippen MR) is 84.5 cm³/mol. The lowest BCUT2D eigenvalue weighted by molar-refractivity contribution is 0.414. The van der Waals surface area contributed by atoms with Gasteiger partial charge in [0.15, 0.2) is 0 Å². The van der Waals surface area contributed by atoms with E-state index in [4.69, 9.17) is 9.15 Å². The van der Waals surface area contributed by atoms with Crippen molar-refractivity contribution >= 4 is 11.0 Å². The first-order chi connectivity index (χ1) is 10.3. The molecule has 0 fully saturated rings. The zero-order valence-corrected chi connectivity index (χ0v) is 12.3. The Hall–Kier alpha value is -2.26. The molecule has 3 nitrogen and oxygen atoms in total. The number of hydrogen-bond donors (Lipinski definition) is 1. The maximum absolute atomic E-state index is 5.78. The highest BCUT2D eigenvalue weighted by atomic mass is 16.5. The van der Waals surface area contributed by atoms with Gasteiger partial charge in [0.1, 0.15) is 17.1 Å². The number of furan rings is 1. The lowest BCUT2D eigenvalue weighted by atomic mass is 10.1. The zero-order chi connectivity index (χ0) is 14.7. The Kier molecular flexibility index (Phi) is 3.93. The van der Waals surface area contributed by atoms with Crippen molar-refractivity contribution in [2.24, 2.45) is 0 Å². The minimum atomic E-state index is 0.800. The van der Waals surface area contributed by atoms with E-state index in [0.717, 1.165) is 30.2 Å². The third-order valence-electron chi connectivity index (χ3n) is 3.69. The van der Waals surface area contributed by atoms with Gasteiger partial charge in [0.05, 0.1) is 7.11 Å². The molecular weight excluding hydrogens is 262 g/mol. The molecule has 0 saturated heterocycles. The predicted octanol–water partition coefficient (Wildman–Crippen LogP) is 4.04. The molecule has 0 saturated carbocycles. The van der Waals surface area contributed by atoms with Crippen LogP contribution < -0.4 is 10.1 Å². The van der Waals surface area contributed by atoms with Gasteiger partial charge >= 0.3 is 0 Å². The molecule has 0 atom stereocenters. The van der Waals surface area contributed by atoms with Crippen molar-refractivity contribution < 1.29 is 9.15 Å². The van der Waals surface area contributed by atoms with Crippen molar-refractivity contribution in [3.8, 4) is 5.75 Å². The van der Waals surface area contributed by atoms with Crippen LogP contribution in [0, 0.1) is 6.92 Å². The quantitative estimate of drug-likeness (QED) is 0.766. The molecule has 0 aliphatic carbocycles. The van der Waals surface area contributed by atoms with E-state index in [-0.39, 0.29) is 0 Å². The van der Waals surface area contributed by atoms with Crippen molar-refractivity contribution in [1.29, 1.82) is 0 Å². The number of rotatable bonds is 5. The minimum Gasteiger partial charge on any atom is -0.497 e. The largest absolute Gasteiger partial charge is 0.497 e. The second kappa shape index (κ2) is 6.02. The number of nitrogens with one attached hydrogen (secondary N) is 1. The van der Waals surface area contributed by atoms with Crippen LogP contribution in [0.5, 0.6) is 5.75 Å². The van der Waals surface area contributed by atoms with Gasteiger partial charge in [-0.1, -0.05) is 30.3 Å². The fraction of sp³-hybridized carbons (Fsp3) is 0.222. The molecule has 0 bridgehead atoms. The summed E-state index contributed by atoms with van der Waals surface area (Å²) >= 11 is 0. The molecule has 3 aromatic rings. The fourth-order valence-corrected chi connectivity index (χ4v) is 2.52. The van der Waals surface area contributed by atoms with Gasteiger partial charge < -0.3 is 14.5 Å². The summed E-state index contributed by atoms with van der Waals surface area (Å²) < 4.78 is 10.9. The molecule has 1 heterocycles. The average molecular weight is 281 g/mol. The summed E-state index contributed by atoms with van der Waals surface area (Å²) in [5, 5.41) is 4.67. The van der Waals surface area contributed by atoms with Gasteiger partial charge in [0.2, 0.25) is 0 Å². The van der Waals surface area contributed by atoms with Crippen molar-refractivity contribution in [3.63, 3.8) is 0 Å². The Bertz CT molecular complexity index is 729. The lowest BCUT2D eigenvalue weighted by Gasteiger charge is -2.06. The van der Waals surface area contributed by atoms with Gasteiger partial charge in [-0.05, 0) is 30.7 Å². The number of hydrogen-bond acceptors (Lipinski definition) is 3. The van der Waals surface area contributed by atoms with E-state index in [2.05, 4.69) is 23.5 Å². The van der Waals surface area contributed by atoms with Crippen LogP contribution in [0.25, 0.3) is 11.0 Å². The summed E-state index contributed by atoms with van der Waals surface area (Å²) in [6.07, 6.45) is 0. The zero-order valence-electron chi connectivity index (χ0n) is 12.3. The summed E-state index contributed by atoms with van der Waals surface area (Å²) in [4.78, 5) is 0. The molecule has 2 aromatic carbocycles. The smallest absolute Gasteiger partial charge is 0.134 e. The van der Waals surface area contributed by atoms with Crippen LogP contribution in [-0.4, -0.2) is 7.11 Å². The molecule has 0 amide bonds. The van der Waals surface area contributed by atoms with E-state index in [1.807, 2.05) is 37.3 Å². The van der Waals surface area contributed by atoms with Gasteiger partial charge in [-0.25, -0.2) is 0 Å². The van der Waals surface area contributed by atoms with Gasteiger partial charge in [-0.3, -0.25) is 0 Å². The molecule has 1 aromatic heterocycles. The first-order valence-electron chi connectivity index (χ1n) is 7.08. The highest BCUT2D eigenvalue weighted by Gasteiger charge is 2.09. The average Bonchev–Trinajstić information content (AvgIpc) is 2.84. The van der Waals surface area contributed by atoms with Gasteiger partial charge in [-0.2, -0.15) is 0 Å². The molecule has 1 N–H and O–H groups in total. The molecule has 0 aliphatic rings. The number of para-hydroxylation sites is 1. The van der Waals surface area contributed by atoms with Crippen LogP contribution in [0.2, 0.25) is 0 Å². The van der Waals surface area contributed by atoms with Crippen LogP contribution in [-0.2, 0) is 13.1 Å². The molecule has 0 aliphatic heterocycles. The van der Waals surface area contributed by atoms with E-state index in [1.165, 1.54) is 16.5 Å². The summed E-state index contributed by atoms with van der Waals surface area (Å²) in [7, 11) is 1.68. The maximum atomic E-state index is 5.78. The Morgan fingerprint density at radius 2 is 1.76 bits per heavy atom. The summed E-state index contributed by atoms with van der Waals surface area (Å²) in [6.45, 7) is 3.64. The molecule has 0 radical (unpaired) electrons. The summed E-state index contributed by atoms with van der Waals surface area (Å²) in [5.41, 5.74) is 3.43.